The first-order valence-corrected chi connectivity index (χ1v) is 6.19. The Labute approximate surface area is 101 Å². The number of hydrogen-bond acceptors (Lipinski definition) is 3. The average Bonchev–Trinajstić information content (AvgIpc) is 2.65. The zero-order valence-corrected chi connectivity index (χ0v) is 10.7. The normalized spacial score (nSPS) is 11.0. The molecule has 0 aliphatic carbocycles. The molecule has 2 aromatic rings. The number of thiazole rings is 1. The lowest BCUT2D eigenvalue weighted by Crippen LogP contribution is -2.10. The summed E-state index contributed by atoms with van der Waals surface area (Å²) < 4.78 is 0. The fourth-order valence-corrected chi connectivity index (χ4v) is 2.52. The van der Waals surface area contributed by atoms with Gasteiger partial charge in [-0.25, -0.2) is 4.98 Å². The smallest absolute Gasteiger partial charge is 0.0801 e. The maximum Gasteiger partial charge on any atom is 0.0801 e. The molecule has 0 atom stereocenters. The highest BCUT2D eigenvalue weighted by Crippen LogP contribution is 2.27. The predicted molar refractivity (Wildman–Crippen MR) is 69.7 cm³/mol. The van der Waals surface area contributed by atoms with Crippen molar-refractivity contribution in [3.63, 3.8) is 0 Å². The van der Waals surface area contributed by atoms with Crippen molar-refractivity contribution in [3.8, 4) is 10.4 Å². The van der Waals surface area contributed by atoms with Crippen LogP contribution in [0.15, 0.2) is 29.8 Å². The molecule has 0 aliphatic heterocycles. The van der Waals surface area contributed by atoms with Crippen LogP contribution in [-0.4, -0.2) is 24.0 Å². The Bertz CT molecular complexity index is 457. The molecule has 2 rings (SSSR count). The van der Waals surface area contributed by atoms with E-state index >= 15 is 0 Å². The summed E-state index contributed by atoms with van der Waals surface area (Å²) in [5.74, 6) is 0. The number of aryl methyl sites for hydroxylation is 1. The number of aromatic nitrogens is 1. The van der Waals surface area contributed by atoms with Gasteiger partial charge in [-0.15, -0.1) is 11.3 Å². The number of hydrogen-bond donors (Lipinski definition) is 0. The van der Waals surface area contributed by atoms with Crippen LogP contribution in [0.2, 0.25) is 0 Å². The maximum absolute atomic E-state index is 4.27. The van der Waals surface area contributed by atoms with E-state index in [0.717, 1.165) is 12.2 Å². The molecule has 16 heavy (non-hydrogen) atoms. The molecular formula is C13H16N2S. The van der Waals surface area contributed by atoms with E-state index in [4.69, 9.17) is 0 Å². The minimum absolute atomic E-state index is 0.988. The summed E-state index contributed by atoms with van der Waals surface area (Å²) in [6.07, 6.45) is 0. The van der Waals surface area contributed by atoms with Gasteiger partial charge >= 0.3 is 0 Å². The Balaban J connectivity index is 2.23. The molecule has 0 spiro atoms. The topological polar surface area (TPSA) is 16.1 Å². The third-order valence-electron chi connectivity index (χ3n) is 2.46. The SMILES string of the molecule is Cc1ncsc1-c1ccc(CN(C)C)cc1. The van der Waals surface area contributed by atoms with Gasteiger partial charge in [0.2, 0.25) is 0 Å². The second-order valence-corrected chi connectivity index (χ2v) is 5.06. The van der Waals surface area contributed by atoms with Crippen LogP contribution in [0, 0.1) is 6.92 Å². The van der Waals surface area contributed by atoms with Crippen molar-refractivity contribution in [3.05, 3.63) is 41.0 Å². The minimum atomic E-state index is 0.988. The molecule has 0 amide bonds. The van der Waals surface area contributed by atoms with Crippen LogP contribution in [0.3, 0.4) is 0 Å². The highest BCUT2D eigenvalue weighted by molar-refractivity contribution is 7.13. The van der Waals surface area contributed by atoms with Gasteiger partial charge in [-0.1, -0.05) is 24.3 Å². The van der Waals surface area contributed by atoms with E-state index < -0.39 is 0 Å². The zero-order valence-electron chi connectivity index (χ0n) is 9.90. The summed E-state index contributed by atoms with van der Waals surface area (Å²) in [6.45, 7) is 3.04. The number of rotatable bonds is 3. The van der Waals surface area contributed by atoms with Gasteiger partial charge in [0.05, 0.1) is 16.1 Å². The second kappa shape index (κ2) is 4.76. The van der Waals surface area contributed by atoms with E-state index in [1.54, 1.807) is 11.3 Å². The summed E-state index contributed by atoms with van der Waals surface area (Å²) in [6, 6.07) is 8.74. The molecule has 0 saturated heterocycles. The van der Waals surface area contributed by atoms with Crippen LogP contribution in [-0.2, 0) is 6.54 Å². The Morgan fingerprint density at radius 2 is 1.88 bits per heavy atom. The molecule has 1 aromatic carbocycles. The number of benzene rings is 1. The van der Waals surface area contributed by atoms with Crippen LogP contribution in [0.4, 0.5) is 0 Å². The van der Waals surface area contributed by atoms with Gasteiger partial charge in [0.25, 0.3) is 0 Å². The fraction of sp³-hybridized carbons (Fsp3) is 0.308. The largest absolute Gasteiger partial charge is 0.305 e. The standard InChI is InChI=1S/C13H16N2S/c1-10-13(16-9-14-10)12-6-4-11(5-7-12)8-15(2)3/h4-7,9H,8H2,1-3H3. The van der Waals surface area contributed by atoms with E-state index in [-0.39, 0.29) is 0 Å². The third kappa shape index (κ3) is 2.49. The van der Waals surface area contributed by atoms with Crippen molar-refractivity contribution in [1.29, 1.82) is 0 Å². The molecule has 1 heterocycles. The van der Waals surface area contributed by atoms with Crippen molar-refractivity contribution in [2.75, 3.05) is 14.1 Å². The monoisotopic (exact) mass is 232 g/mol. The van der Waals surface area contributed by atoms with Crippen LogP contribution < -0.4 is 0 Å². The zero-order chi connectivity index (χ0) is 11.5. The summed E-state index contributed by atoms with van der Waals surface area (Å²) in [4.78, 5) is 7.72. The maximum atomic E-state index is 4.27. The van der Waals surface area contributed by atoms with Crippen LogP contribution in [0.25, 0.3) is 10.4 Å². The Morgan fingerprint density at radius 3 is 2.38 bits per heavy atom. The summed E-state index contributed by atoms with van der Waals surface area (Å²) in [5.41, 5.74) is 5.63. The van der Waals surface area contributed by atoms with Gasteiger partial charge in [0, 0.05) is 6.54 Å². The third-order valence-corrected chi connectivity index (χ3v) is 3.44. The molecule has 0 aliphatic rings. The van der Waals surface area contributed by atoms with Crippen LogP contribution in [0.5, 0.6) is 0 Å². The van der Waals surface area contributed by atoms with Gasteiger partial charge in [0.1, 0.15) is 0 Å². The second-order valence-electron chi connectivity index (χ2n) is 4.20. The fourth-order valence-electron chi connectivity index (χ4n) is 1.71. The lowest BCUT2D eigenvalue weighted by atomic mass is 10.1. The van der Waals surface area contributed by atoms with Crippen molar-refractivity contribution >= 4 is 11.3 Å². The van der Waals surface area contributed by atoms with Gasteiger partial charge in [-0.05, 0) is 32.1 Å². The van der Waals surface area contributed by atoms with Gasteiger partial charge in [-0.3, -0.25) is 0 Å². The molecule has 0 N–H and O–H groups in total. The number of nitrogens with zero attached hydrogens (tertiary/aromatic N) is 2. The Kier molecular flexibility index (Phi) is 3.36. The molecule has 1 aromatic heterocycles. The molecule has 2 nitrogen and oxygen atoms in total. The Morgan fingerprint density at radius 1 is 1.19 bits per heavy atom. The van der Waals surface area contributed by atoms with E-state index in [2.05, 4.69) is 55.2 Å². The van der Waals surface area contributed by atoms with Crippen LogP contribution >= 0.6 is 11.3 Å². The van der Waals surface area contributed by atoms with Crippen molar-refractivity contribution in [2.24, 2.45) is 0 Å². The average molecular weight is 232 g/mol. The summed E-state index contributed by atoms with van der Waals surface area (Å²) in [7, 11) is 4.17. The lowest BCUT2D eigenvalue weighted by Gasteiger charge is -2.09. The lowest BCUT2D eigenvalue weighted by molar-refractivity contribution is 0.402. The van der Waals surface area contributed by atoms with E-state index in [1.165, 1.54) is 16.0 Å². The van der Waals surface area contributed by atoms with Gasteiger partial charge in [-0.2, -0.15) is 0 Å². The van der Waals surface area contributed by atoms with Gasteiger partial charge in [0.15, 0.2) is 0 Å². The van der Waals surface area contributed by atoms with E-state index in [9.17, 15) is 0 Å². The molecule has 0 unspecified atom stereocenters. The molecule has 0 bridgehead atoms. The Hall–Kier alpha value is -1.19. The molecule has 0 fully saturated rings. The molecular weight excluding hydrogens is 216 g/mol. The molecule has 84 valence electrons. The van der Waals surface area contributed by atoms with Crippen molar-refractivity contribution in [1.82, 2.24) is 9.88 Å². The quantitative estimate of drug-likeness (QED) is 0.808. The first-order chi connectivity index (χ1) is 7.66. The van der Waals surface area contributed by atoms with E-state index in [0.29, 0.717) is 0 Å². The first-order valence-electron chi connectivity index (χ1n) is 5.31. The van der Waals surface area contributed by atoms with Gasteiger partial charge < -0.3 is 4.90 Å². The molecule has 3 heteroatoms. The molecule has 0 saturated carbocycles. The molecule has 0 radical (unpaired) electrons. The summed E-state index contributed by atoms with van der Waals surface area (Å²) in [5, 5.41) is 0. The van der Waals surface area contributed by atoms with Crippen molar-refractivity contribution < 1.29 is 0 Å². The highest BCUT2D eigenvalue weighted by Gasteiger charge is 2.04. The van der Waals surface area contributed by atoms with E-state index in [1.807, 2.05) is 5.51 Å². The highest BCUT2D eigenvalue weighted by atomic mass is 32.1. The minimum Gasteiger partial charge on any atom is -0.305 e. The summed E-state index contributed by atoms with van der Waals surface area (Å²) >= 11 is 1.70. The first kappa shape index (κ1) is 11.3. The van der Waals surface area contributed by atoms with Crippen molar-refractivity contribution in [2.45, 2.75) is 13.5 Å². The van der Waals surface area contributed by atoms with Crippen LogP contribution in [0.1, 0.15) is 11.3 Å². The predicted octanol–water partition coefficient (Wildman–Crippen LogP) is 3.18.